The van der Waals surface area contributed by atoms with Gasteiger partial charge in [0.1, 0.15) is 24.2 Å². The van der Waals surface area contributed by atoms with Crippen molar-refractivity contribution in [3.05, 3.63) is 54.1 Å². The molecule has 7 atom stereocenters. The van der Waals surface area contributed by atoms with Crippen LogP contribution in [0.4, 0.5) is 0 Å². The zero-order valence-electron chi connectivity index (χ0n) is 33.3. The van der Waals surface area contributed by atoms with E-state index in [4.69, 9.17) is 5.73 Å². The predicted octanol–water partition coefficient (Wildman–Crippen LogP) is 2.03. The molecule has 56 heavy (non-hydrogen) atoms. The van der Waals surface area contributed by atoms with Crippen molar-refractivity contribution < 1.29 is 33.9 Å². The lowest BCUT2D eigenvalue weighted by molar-refractivity contribution is -0.148. The summed E-state index contributed by atoms with van der Waals surface area (Å²) in [7, 11) is 0. The van der Waals surface area contributed by atoms with Gasteiger partial charge in [-0.3, -0.25) is 28.8 Å². The van der Waals surface area contributed by atoms with E-state index >= 15 is 0 Å². The first-order valence-corrected chi connectivity index (χ1v) is 20.3. The van der Waals surface area contributed by atoms with Crippen LogP contribution in [-0.2, 0) is 41.6 Å². The number of likely N-dealkylation sites (tertiary alicyclic amines) is 1. The molecule has 4 rings (SSSR count). The van der Waals surface area contributed by atoms with Crippen LogP contribution < -0.4 is 27.0 Å². The van der Waals surface area contributed by atoms with E-state index in [1.54, 1.807) is 20.0 Å². The first-order valence-electron chi connectivity index (χ1n) is 20.3. The highest BCUT2D eigenvalue weighted by atomic mass is 16.3. The number of carbonyl (C=O) groups excluding carboxylic acids is 6. The van der Waals surface area contributed by atoms with E-state index in [9.17, 15) is 33.9 Å². The topological polar surface area (TPSA) is 229 Å². The van der Waals surface area contributed by atoms with Crippen LogP contribution >= 0.6 is 0 Å². The van der Waals surface area contributed by atoms with Gasteiger partial charge in [0.25, 0.3) is 5.91 Å². The molecule has 1 aliphatic carbocycles. The molecule has 0 bridgehead atoms. The van der Waals surface area contributed by atoms with Crippen LogP contribution in [0.5, 0.6) is 0 Å². The van der Waals surface area contributed by atoms with E-state index in [-0.39, 0.29) is 43.0 Å². The summed E-state index contributed by atoms with van der Waals surface area (Å²) in [5.74, 6) is -3.76. The zero-order chi connectivity index (χ0) is 40.8. The average Bonchev–Trinajstić information content (AvgIpc) is 3.90. The summed E-state index contributed by atoms with van der Waals surface area (Å²) in [5, 5.41) is 23.1. The number of rotatable bonds is 20. The molecule has 1 aromatic heterocycles. The smallest absolute Gasteiger partial charge is 0.254 e. The van der Waals surface area contributed by atoms with Gasteiger partial charge in [0.05, 0.1) is 12.4 Å². The SMILES string of the molecule is CC[C@@H](C)[C@H](NC(=O)[C@@H]1CCCN1C(=O)[C@@H](O)[C@H](CC1CCCCC1)NC(=O)[C@H](Cc1cnc[nH]1)NC(=O)CCc1ccccc1)C(=O)N[C@H](C(N)=O)C(C)C. The fourth-order valence-electron chi connectivity index (χ4n) is 7.73. The molecule has 2 aliphatic rings. The highest BCUT2D eigenvalue weighted by Crippen LogP contribution is 2.29. The van der Waals surface area contributed by atoms with E-state index in [1.807, 2.05) is 44.2 Å². The van der Waals surface area contributed by atoms with Crippen molar-refractivity contribution in [3.63, 3.8) is 0 Å². The van der Waals surface area contributed by atoms with Crippen molar-refractivity contribution in [1.82, 2.24) is 36.1 Å². The number of nitrogens with one attached hydrogen (secondary N) is 5. The standard InChI is InChI=1S/C41H62N8O7/c1-5-26(4)35(40(55)47-34(25(2)3)37(42)52)48-39(54)32-17-12-20-49(32)41(56)36(51)30(21-28-15-10-7-11-16-28)46-38(53)31(22-29-23-43-24-44-29)45-33(50)19-18-27-13-8-6-9-14-27/h6,8-9,13-14,23-26,28,30-32,34-36,51H,5,7,10-12,15-22H2,1-4H3,(H2,42,52)(H,43,44)(H,45,50)(H,46,53)(H,47,55)(H,48,54)/t26-,30+,31+,32+,34+,35+,36+/m1/s1. The number of aliphatic hydroxyl groups is 1. The van der Waals surface area contributed by atoms with E-state index in [2.05, 4.69) is 31.2 Å². The number of H-pyrrole nitrogens is 1. The summed E-state index contributed by atoms with van der Waals surface area (Å²) in [5.41, 5.74) is 7.14. The molecule has 15 nitrogen and oxygen atoms in total. The van der Waals surface area contributed by atoms with Crippen molar-refractivity contribution in [2.45, 2.75) is 141 Å². The third kappa shape index (κ3) is 12.6. The summed E-state index contributed by atoms with van der Waals surface area (Å²) in [6, 6.07) is 4.66. The lowest BCUT2D eigenvalue weighted by Gasteiger charge is -2.34. The molecule has 2 heterocycles. The normalized spacial score (nSPS) is 19.2. The Morgan fingerprint density at radius 2 is 1.62 bits per heavy atom. The van der Waals surface area contributed by atoms with Crippen LogP contribution in [0.25, 0.3) is 0 Å². The quantitative estimate of drug-likeness (QED) is 0.105. The molecule has 6 amide bonds. The maximum absolute atomic E-state index is 14.2. The van der Waals surface area contributed by atoms with Crippen molar-refractivity contribution in [2.75, 3.05) is 6.54 Å². The van der Waals surface area contributed by atoms with Crippen LogP contribution in [0, 0.1) is 17.8 Å². The van der Waals surface area contributed by atoms with Crippen molar-refractivity contribution >= 4 is 35.4 Å². The van der Waals surface area contributed by atoms with Gasteiger partial charge in [0.15, 0.2) is 6.10 Å². The number of aromatic nitrogens is 2. The summed E-state index contributed by atoms with van der Waals surface area (Å²) in [6.45, 7) is 7.40. The first-order chi connectivity index (χ1) is 26.8. The molecule has 308 valence electrons. The number of nitrogens with zero attached hydrogens (tertiary/aromatic N) is 2. The summed E-state index contributed by atoms with van der Waals surface area (Å²) >= 11 is 0. The Bertz CT molecular complexity index is 1600. The van der Waals surface area contributed by atoms with Gasteiger partial charge in [0, 0.05) is 31.3 Å². The Morgan fingerprint density at radius 1 is 0.911 bits per heavy atom. The van der Waals surface area contributed by atoms with E-state index < -0.39 is 65.8 Å². The number of primary amides is 1. The van der Waals surface area contributed by atoms with Crippen molar-refractivity contribution in [2.24, 2.45) is 23.5 Å². The Kier molecular flexibility index (Phi) is 16.9. The summed E-state index contributed by atoms with van der Waals surface area (Å²) in [6.07, 6.45) is 8.73. The van der Waals surface area contributed by atoms with Gasteiger partial charge in [-0.05, 0) is 49.0 Å². The zero-order valence-corrected chi connectivity index (χ0v) is 33.3. The Labute approximate surface area is 330 Å². The largest absolute Gasteiger partial charge is 0.381 e. The van der Waals surface area contributed by atoms with Gasteiger partial charge in [-0.15, -0.1) is 0 Å². The van der Waals surface area contributed by atoms with E-state index in [0.29, 0.717) is 37.8 Å². The molecule has 8 N–H and O–H groups in total. The van der Waals surface area contributed by atoms with Gasteiger partial charge in [-0.2, -0.15) is 0 Å². The third-order valence-electron chi connectivity index (χ3n) is 11.3. The Hall–Kier alpha value is -4.79. The lowest BCUT2D eigenvalue weighted by Crippen LogP contribution is -2.60. The predicted molar refractivity (Wildman–Crippen MR) is 210 cm³/mol. The molecule has 1 aromatic carbocycles. The average molecular weight is 779 g/mol. The van der Waals surface area contributed by atoms with Gasteiger partial charge < -0.3 is 42.0 Å². The second kappa shape index (κ2) is 21.5. The molecule has 1 saturated carbocycles. The van der Waals surface area contributed by atoms with Crippen LogP contribution in [0.2, 0.25) is 0 Å². The molecule has 0 unspecified atom stereocenters. The van der Waals surface area contributed by atoms with Crippen molar-refractivity contribution in [1.29, 1.82) is 0 Å². The maximum Gasteiger partial charge on any atom is 0.254 e. The molecule has 1 saturated heterocycles. The van der Waals surface area contributed by atoms with Crippen LogP contribution in [0.1, 0.15) is 103 Å². The van der Waals surface area contributed by atoms with Crippen LogP contribution in [0.15, 0.2) is 42.9 Å². The molecule has 15 heteroatoms. The molecular weight excluding hydrogens is 716 g/mol. The summed E-state index contributed by atoms with van der Waals surface area (Å²) < 4.78 is 0. The number of benzene rings is 1. The van der Waals surface area contributed by atoms with E-state index in [0.717, 1.165) is 37.7 Å². The Morgan fingerprint density at radius 3 is 2.25 bits per heavy atom. The number of amides is 6. The number of aliphatic hydroxyl groups excluding tert-OH is 1. The van der Waals surface area contributed by atoms with E-state index in [1.165, 1.54) is 11.2 Å². The number of hydrogen-bond donors (Lipinski definition) is 7. The van der Waals surface area contributed by atoms with Crippen LogP contribution in [-0.4, -0.2) is 98.3 Å². The Balaban J connectivity index is 1.50. The minimum absolute atomic E-state index is 0.111. The lowest BCUT2D eigenvalue weighted by atomic mass is 9.83. The van der Waals surface area contributed by atoms with Gasteiger partial charge in [-0.25, -0.2) is 4.98 Å². The van der Waals surface area contributed by atoms with Gasteiger partial charge in [-0.1, -0.05) is 96.6 Å². The molecular formula is C41H62N8O7. The fraction of sp³-hybridized carbons (Fsp3) is 0.634. The third-order valence-corrected chi connectivity index (χ3v) is 11.3. The number of aryl methyl sites for hydroxylation is 1. The highest BCUT2D eigenvalue weighted by Gasteiger charge is 2.42. The van der Waals surface area contributed by atoms with Crippen LogP contribution in [0.3, 0.4) is 0 Å². The second-order valence-electron chi connectivity index (χ2n) is 15.9. The highest BCUT2D eigenvalue weighted by molar-refractivity contribution is 5.95. The number of hydrogen-bond acceptors (Lipinski definition) is 8. The minimum atomic E-state index is -1.67. The number of aromatic amines is 1. The molecule has 0 radical (unpaired) electrons. The molecule has 1 aliphatic heterocycles. The van der Waals surface area contributed by atoms with Gasteiger partial charge in [0.2, 0.25) is 29.5 Å². The molecule has 2 fully saturated rings. The molecule has 0 spiro atoms. The number of carbonyl (C=O) groups is 6. The summed E-state index contributed by atoms with van der Waals surface area (Å²) in [4.78, 5) is 89.1. The number of nitrogens with two attached hydrogens (primary N) is 1. The van der Waals surface area contributed by atoms with Gasteiger partial charge >= 0.3 is 0 Å². The first kappa shape index (κ1) is 43.9. The maximum atomic E-state index is 14.2. The number of imidazole rings is 1. The van der Waals surface area contributed by atoms with Crippen molar-refractivity contribution in [3.8, 4) is 0 Å². The monoisotopic (exact) mass is 778 g/mol. The second-order valence-corrected chi connectivity index (χ2v) is 15.9. The fourth-order valence-corrected chi connectivity index (χ4v) is 7.73. The molecule has 2 aromatic rings. The minimum Gasteiger partial charge on any atom is -0.381 e.